The number of nitrogens with zero attached hydrogens (tertiary/aromatic N) is 5. The van der Waals surface area contributed by atoms with E-state index in [2.05, 4.69) is 20.7 Å². The summed E-state index contributed by atoms with van der Waals surface area (Å²) in [6.07, 6.45) is 1.35. The van der Waals surface area contributed by atoms with E-state index in [4.69, 9.17) is 10.9 Å². The first-order valence-electron chi connectivity index (χ1n) is 6.21. The zero-order valence-electron chi connectivity index (χ0n) is 11.0. The quantitative estimate of drug-likeness (QED) is 0.276. The van der Waals surface area contributed by atoms with Gasteiger partial charge in [-0.2, -0.15) is 4.68 Å². The second kappa shape index (κ2) is 6.90. The van der Waals surface area contributed by atoms with Gasteiger partial charge in [-0.15, -0.1) is 5.10 Å². The molecule has 0 spiro atoms. The summed E-state index contributed by atoms with van der Waals surface area (Å²) in [4.78, 5) is 0. The summed E-state index contributed by atoms with van der Waals surface area (Å²) >= 11 is 1.52. The molecule has 3 N–H and O–H groups in total. The van der Waals surface area contributed by atoms with Gasteiger partial charge in [-0.3, -0.25) is 0 Å². The Balaban J connectivity index is 2.16. The van der Waals surface area contributed by atoms with E-state index in [1.807, 2.05) is 37.3 Å². The van der Waals surface area contributed by atoms with Crippen LogP contribution in [0.15, 0.2) is 40.6 Å². The highest BCUT2D eigenvalue weighted by Crippen LogP contribution is 2.26. The standard InChI is InChI=1S/C12H16N6OS/c1-2-10(8-11(13)15-19)20-12-14-16-17-18(12)9-6-4-3-5-7-9/h3-7,10,19H,2,8H2,1H3,(H2,13,15). The highest BCUT2D eigenvalue weighted by atomic mass is 32.2. The maximum absolute atomic E-state index is 8.65. The summed E-state index contributed by atoms with van der Waals surface area (Å²) < 4.78 is 1.68. The van der Waals surface area contributed by atoms with E-state index in [9.17, 15) is 0 Å². The van der Waals surface area contributed by atoms with Crippen LogP contribution in [0.25, 0.3) is 5.69 Å². The number of amidine groups is 1. The van der Waals surface area contributed by atoms with Crippen LogP contribution in [0.5, 0.6) is 0 Å². The van der Waals surface area contributed by atoms with Gasteiger partial charge in [0.05, 0.1) is 5.69 Å². The Morgan fingerprint density at radius 3 is 2.85 bits per heavy atom. The second-order valence-electron chi connectivity index (χ2n) is 4.15. The van der Waals surface area contributed by atoms with Gasteiger partial charge in [-0.1, -0.05) is 42.0 Å². The molecular formula is C12H16N6OS. The van der Waals surface area contributed by atoms with Crippen LogP contribution < -0.4 is 5.73 Å². The lowest BCUT2D eigenvalue weighted by Crippen LogP contribution is -2.18. The van der Waals surface area contributed by atoms with Gasteiger partial charge in [0.2, 0.25) is 5.16 Å². The summed E-state index contributed by atoms with van der Waals surface area (Å²) in [5, 5.41) is 24.2. The zero-order chi connectivity index (χ0) is 14.4. The number of aromatic nitrogens is 4. The van der Waals surface area contributed by atoms with Crippen LogP contribution in [0.1, 0.15) is 19.8 Å². The Kier molecular flexibility index (Phi) is 4.94. The summed E-state index contributed by atoms with van der Waals surface area (Å²) in [5.41, 5.74) is 6.46. The van der Waals surface area contributed by atoms with Gasteiger partial charge in [0.1, 0.15) is 5.84 Å². The van der Waals surface area contributed by atoms with E-state index in [0.717, 1.165) is 12.1 Å². The van der Waals surface area contributed by atoms with Gasteiger partial charge in [0, 0.05) is 11.7 Å². The molecule has 0 fully saturated rings. The van der Waals surface area contributed by atoms with Crippen LogP contribution in [0, 0.1) is 0 Å². The van der Waals surface area contributed by atoms with Gasteiger partial charge < -0.3 is 10.9 Å². The van der Waals surface area contributed by atoms with Crippen molar-refractivity contribution >= 4 is 17.6 Å². The first-order valence-corrected chi connectivity index (χ1v) is 7.09. The Morgan fingerprint density at radius 1 is 1.45 bits per heavy atom. The molecule has 0 bridgehead atoms. The minimum atomic E-state index is 0.152. The third kappa shape index (κ3) is 3.47. The lowest BCUT2D eigenvalue weighted by molar-refractivity contribution is 0.316. The van der Waals surface area contributed by atoms with Gasteiger partial charge in [0.25, 0.3) is 0 Å². The third-order valence-electron chi connectivity index (χ3n) is 2.73. The van der Waals surface area contributed by atoms with Crippen molar-refractivity contribution in [3.05, 3.63) is 30.3 Å². The Labute approximate surface area is 120 Å². The molecule has 7 nitrogen and oxygen atoms in total. The van der Waals surface area contributed by atoms with Crippen molar-refractivity contribution < 1.29 is 5.21 Å². The molecule has 1 atom stereocenters. The molecule has 0 aliphatic carbocycles. The lowest BCUT2D eigenvalue weighted by atomic mass is 10.2. The molecule has 0 radical (unpaired) electrons. The fraction of sp³-hybridized carbons (Fsp3) is 0.333. The van der Waals surface area contributed by atoms with Crippen molar-refractivity contribution in [3.63, 3.8) is 0 Å². The molecule has 1 aromatic carbocycles. The predicted octanol–water partition coefficient (Wildman–Crippen LogP) is 1.67. The predicted molar refractivity (Wildman–Crippen MR) is 77.1 cm³/mol. The molecule has 20 heavy (non-hydrogen) atoms. The fourth-order valence-electron chi connectivity index (χ4n) is 1.68. The number of benzene rings is 1. The number of tetrazole rings is 1. The molecule has 0 aliphatic rings. The molecule has 8 heteroatoms. The first-order chi connectivity index (χ1) is 9.74. The van der Waals surface area contributed by atoms with Gasteiger partial charge in [-0.25, -0.2) is 0 Å². The third-order valence-corrected chi connectivity index (χ3v) is 4.03. The number of nitrogens with two attached hydrogens (primary N) is 1. The van der Waals surface area contributed by atoms with Crippen LogP contribution >= 0.6 is 11.8 Å². The normalized spacial score (nSPS) is 13.3. The average molecular weight is 292 g/mol. The van der Waals surface area contributed by atoms with E-state index >= 15 is 0 Å². The number of thioether (sulfide) groups is 1. The zero-order valence-corrected chi connectivity index (χ0v) is 11.9. The van der Waals surface area contributed by atoms with Crippen molar-refractivity contribution in [1.82, 2.24) is 20.2 Å². The van der Waals surface area contributed by atoms with Crippen LogP contribution in [-0.2, 0) is 0 Å². The number of hydrogen-bond donors (Lipinski definition) is 2. The molecule has 0 amide bonds. The molecule has 1 aromatic heterocycles. The van der Waals surface area contributed by atoms with Crippen LogP contribution in [-0.4, -0.2) is 36.5 Å². The van der Waals surface area contributed by atoms with Gasteiger partial charge in [-0.05, 0) is 29.0 Å². The molecule has 0 saturated carbocycles. The average Bonchev–Trinajstić information content (AvgIpc) is 2.95. The summed E-state index contributed by atoms with van der Waals surface area (Å²) in [6.45, 7) is 2.04. The van der Waals surface area contributed by atoms with E-state index in [1.54, 1.807) is 4.68 Å². The summed E-state index contributed by atoms with van der Waals surface area (Å²) in [6, 6.07) is 9.67. The summed E-state index contributed by atoms with van der Waals surface area (Å²) in [7, 11) is 0. The lowest BCUT2D eigenvalue weighted by Gasteiger charge is -2.12. The largest absolute Gasteiger partial charge is 0.409 e. The molecule has 2 rings (SSSR count). The van der Waals surface area contributed by atoms with Gasteiger partial charge >= 0.3 is 0 Å². The molecule has 0 aliphatic heterocycles. The maximum atomic E-state index is 8.65. The van der Waals surface area contributed by atoms with E-state index in [0.29, 0.717) is 11.6 Å². The fourth-order valence-corrected chi connectivity index (χ4v) is 2.72. The number of hydrogen-bond acceptors (Lipinski definition) is 6. The van der Waals surface area contributed by atoms with Crippen molar-refractivity contribution in [2.24, 2.45) is 10.9 Å². The van der Waals surface area contributed by atoms with Crippen LogP contribution in [0.2, 0.25) is 0 Å². The van der Waals surface area contributed by atoms with Gasteiger partial charge in [0.15, 0.2) is 0 Å². The minimum Gasteiger partial charge on any atom is -0.409 e. The molecule has 1 heterocycles. The number of oxime groups is 1. The first kappa shape index (κ1) is 14.3. The molecule has 0 saturated heterocycles. The Morgan fingerprint density at radius 2 is 2.20 bits per heavy atom. The van der Waals surface area contributed by atoms with Crippen molar-refractivity contribution in [2.75, 3.05) is 0 Å². The molecular weight excluding hydrogens is 276 g/mol. The number of para-hydroxylation sites is 1. The Hall–Kier alpha value is -2.09. The smallest absolute Gasteiger partial charge is 0.214 e. The number of rotatable bonds is 6. The van der Waals surface area contributed by atoms with E-state index in [-0.39, 0.29) is 11.1 Å². The second-order valence-corrected chi connectivity index (χ2v) is 5.42. The van der Waals surface area contributed by atoms with Crippen molar-refractivity contribution in [1.29, 1.82) is 0 Å². The molecule has 2 aromatic rings. The van der Waals surface area contributed by atoms with E-state index in [1.165, 1.54) is 11.8 Å². The van der Waals surface area contributed by atoms with E-state index < -0.39 is 0 Å². The monoisotopic (exact) mass is 292 g/mol. The Bertz CT molecular complexity index is 570. The molecule has 1 unspecified atom stereocenters. The highest BCUT2D eigenvalue weighted by Gasteiger charge is 2.16. The molecule has 106 valence electrons. The topological polar surface area (TPSA) is 102 Å². The van der Waals surface area contributed by atoms with Crippen LogP contribution in [0.4, 0.5) is 0 Å². The maximum Gasteiger partial charge on any atom is 0.214 e. The van der Waals surface area contributed by atoms with Crippen molar-refractivity contribution in [3.8, 4) is 5.69 Å². The van der Waals surface area contributed by atoms with Crippen LogP contribution in [0.3, 0.4) is 0 Å². The SMILES string of the molecule is CCC(C/C(N)=N/O)Sc1nnnn1-c1ccccc1. The minimum absolute atomic E-state index is 0.152. The van der Waals surface area contributed by atoms with Crippen molar-refractivity contribution in [2.45, 2.75) is 30.2 Å². The summed E-state index contributed by atoms with van der Waals surface area (Å²) in [5.74, 6) is 0.211. The highest BCUT2D eigenvalue weighted by molar-refractivity contribution is 7.99.